The Hall–Kier alpha value is -0.960. The first-order valence-corrected chi connectivity index (χ1v) is 7.66. The first-order chi connectivity index (χ1) is 8.88. The summed E-state index contributed by atoms with van der Waals surface area (Å²) < 4.78 is 5.86. The van der Waals surface area contributed by atoms with Crippen molar-refractivity contribution in [2.24, 2.45) is 5.92 Å². The minimum absolute atomic E-state index is 0.506. The predicted molar refractivity (Wildman–Crippen MR) is 75.3 cm³/mol. The highest BCUT2D eigenvalue weighted by Crippen LogP contribution is 2.26. The van der Waals surface area contributed by atoms with E-state index in [-0.39, 0.29) is 0 Å². The van der Waals surface area contributed by atoms with Crippen LogP contribution in [0.3, 0.4) is 0 Å². The van der Waals surface area contributed by atoms with E-state index in [1.54, 1.807) is 11.8 Å². The van der Waals surface area contributed by atoms with E-state index in [0.717, 1.165) is 29.5 Å². The van der Waals surface area contributed by atoms with Crippen molar-refractivity contribution < 1.29 is 9.53 Å². The zero-order valence-corrected chi connectivity index (χ0v) is 11.5. The van der Waals surface area contributed by atoms with E-state index in [9.17, 15) is 4.79 Å². The van der Waals surface area contributed by atoms with Crippen LogP contribution in [-0.4, -0.2) is 18.6 Å². The summed E-state index contributed by atoms with van der Waals surface area (Å²) in [6.07, 6.45) is 7.63. The van der Waals surface area contributed by atoms with Crippen molar-refractivity contribution in [1.82, 2.24) is 0 Å². The average Bonchev–Trinajstić information content (AvgIpc) is 2.44. The molecule has 0 aromatic heterocycles. The Morgan fingerprint density at radius 2 is 2.11 bits per heavy atom. The average molecular weight is 264 g/mol. The summed E-state index contributed by atoms with van der Waals surface area (Å²) in [6, 6.07) is 8.02. The van der Waals surface area contributed by atoms with Crippen LogP contribution >= 0.6 is 11.8 Å². The Kier molecular flexibility index (Phi) is 5.59. The van der Waals surface area contributed by atoms with Gasteiger partial charge in [0.1, 0.15) is 12.0 Å². The van der Waals surface area contributed by atoms with Crippen LogP contribution in [0.25, 0.3) is 0 Å². The molecule has 0 radical (unpaired) electrons. The maximum Gasteiger partial charge on any atom is 0.130 e. The molecule has 1 aliphatic rings. The van der Waals surface area contributed by atoms with Crippen LogP contribution in [0.4, 0.5) is 0 Å². The number of hydrogen-bond acceptors (Lipinski definition) is 3. The molecule has 18 heavy (non-hydrogen) atoms. The van der Waals surface area contributed by atoms with Gasteiger partial charge in [0.25, 0.3) is 0 Å². The number of rotatable bonds is 6. The summed E-state index contributed by atoms with van der Waals surface area (Å²) in [4.78, 5) is 11.4. The summed E-state index contributed by atoms with van der Waals surface area (Å²) in [7, 11) is 0. The highest BCUT2D eigenvalue weighted by Gasteiger charge is 2.13. The number of aldehydes is 1. The quantitative estimate of drug-likeness (QED) is 0.575. The minimum atomic E-state index is 0.506. The van der Waals surface area contributed by atoms with Crippen LogP contribution in [0.1, 0.15) is 32.1 Å². The molecular weight excluding hydrogens is 244 g/mol. The van der Waals surface area contributed by atoms with Gasteiger partial charge in [-0.25, -0.2) is 0 Å². The molecule has 2 nitrogen and oxygen atoms in total. The smallest absolute Gasteiger partial charge is 0.130 e. The fraction of sp³-hybridized carbons (Fsp3) is 0.533. The van der Waals surface area contributed by atoms with Gasteiger partial charge in [-0.15, -0.1) is 11.8 Å². The Balaban J connectivity index is 1.82. The lowest BCUT2D eigenvalue weighted by molar-refractivity contribution is -0.105. The highest BCUT2D eigenvalue weighted by molar-refractivity contribution is 7.99. The Labute approximate surface area is 113 Å². The summed E-state index contributed by atoms with van der Waals surface area (Å²) in [5.41, 5.74) is 0. The number of benzene rings is 1. The topological polar surface area (TPSA) is 26.3 Å². The molecule has 0 amide bonds. The first kappa shape index (κ1) is 13.5. The molecule has 1 aromatic carbocycles. The fourth-order valence-electron chi connectivity index (χ4n) is 2.35. The van der Waals surface area contributed by atoms with Crippen molar-refractivity contribution in [2.45, 2.75) is 37.0 Å². The fourth-order valence-corrected chi connectivity index (χ4v) is 2.99. The zero-order chi connectivity index (χ0) is 12.6. The van der Waals surface area contributed by atoms with E-state index in [1.165, 1.54) is 32.1 Å². The normalized spacial score (nSPS) is 16.4. The molecule has 98 valence electrons. The molecule has 1 aliphatic carbocycles. The lowest BCUT2D eigenvalue weighted by atomic mass is 9.90. The lowest BCUT2D eigenvalue weighted by Crippen LogP contribution is -2.15. The van der Waals surface area contributed by atoms with Crippen LogP contribution in [0, 0.1) is 5.92 Å². The van der Waals surface area contributed by atoms with Crippen molar-refractivity contribution in [2.75, 3.05) is 12.4 Å². The van der Waals surface area contributed by atoms with Crippen LogP contribution in [-0.2, 0) is 4.79 Å². The first-order valence-electron chi connectivity index (χ1n) is 6.68. The van der Waals surface area contributed by atoms with Crippen molar-refractivity contribution in [1.29, 1.82) is 0 Å². The molecule has 0 saturated heterocycles. The Bertz CT molecular complexity index is 373. The molecule has 0 atom stereocenters. The molecule has 1 aromatic rings. The van der Waals surface area contributed by atoms with E-state index in [0.29, 0.717) is 5.75 Å². The van der Waals surface area contributed by atoms with Gasteiger partial charge in [0.05, 0.1) is 12.4 Å². The van der Waals surface area contributed by atoms with Crippen molar-refractivity contribution >= 4 is 18.0 Å². The molecule has 3 heteroatoms. The number of ether oxygens (including phenoxy) is 1. The van der Waals surface area contributed by atoms with E-state index in [4.69, 9.17) is 4.74 Å². The molecule has 2 rings (SSSR count). The van der Waals surface area contributed by atoms with Gasteiger partial charge in [-0.1, -0.05) is 25.3 Å². The maximum absolute atomic E-state index is 10.3. The molecule has 1 saturated carbocycles. The Morgan fingerprint density at radius 1 is 1.28 bits per heavy atom. The van der Waals surface area contributed by atoms with E-state index in [1.807, 2.05) is 24.3 Å². The van der Waals surface area contributed by atoms with Crippen LogP contribution < -0.4 is 4.74 Å². The molecule has 0 heterocycles. The summed E-state index contributed by atoms with van der Waals surface area (Å²) >= 11 is 1.55. The van der Waals surface area contributed by atoms with E-state index in [2.05, 4.69) is 0 Å². The maximum atomic E-state index is 10.3. The van der Waals surface area contributed by atoms with Crippen LogP contribution in [0.5, 0.6) is 5.75 Å². The molecule has 0 N–H and O–H groups in total. The van der Waals surface area contributed by atoms with E-state index < -0.39 is 0 Å². The van der Waals surface area contributed by atoms with Crippen LogP contribution in [0.2, 0.25) is 0 Å². The van der Waals surface area contributed by atoms with Gasteiger partial charge < -0.3 is 9.53 Å². The van der Waals surface area contributed by atoms with Gasteiger partial charge in [0.15, 0.2) is 0 Å². The summed E-state index contributed by atoms with van der Waals surface area (Å²) in [6.45, 7) is 0.835. The van der Waals surface area contributed by atoms with Gasteiger partial charge >= 0.3 is 0 Å². The number of carbonyl (C=O) groups is 1. The second-order valence-electron chi connectivity index (χ2n) is 4.77. The monoisotopic (exact) mass is 264 g/mol. The lowest BCUT2D eigenvalue weighted by Gasteiger charge is -2.21. The van der Waals surface area contributed by atoms with Crippen molar-refractivity contribution in [3.05, 3.63) is 24.3 Å². The molecule has 1 fully saturated rings. The van der Waals surface area contributed by atoms with Gasteiger partial charge in [-0.2, -0.15) is 0 Å². The van der Waals surface area contributed by atoms with Gasteiger partial charge in [0.2, 0.25) is 0 Å². The largest absolute Gasteiger partial charge is 0.493 e. The van der Waals surface area contributed by atoms with Crippen molar-refractivity contribution in [3.63, 3.8) is 0 Å². The van der Waals surface area contributed by atoms with E-state index >= 15 is 0 Å². The second kappa shape index (κ2) is 7.47. The molecule has 0 aliphatic heterocycles. The molecule has 0 unspecified atom stereocenters. The highest BCUT2D eigenvalue weighted by atomic mass is 32.2. The summed E-state index contributed by atoms with van der Waals surface area (Å²) in [5, 5.41) is 0. The van der Waals surface area contributed by atoms with Gasteiger partial charge in [-0.05, 0) is 37.0 Å². The Morgan fingerprint density at radius 3 is 2.89 bits per heavy atom. The third kappa shape index (κ3) is 4.37. The molecule has 0 bridgehead atoms. The number of thioether (sulfide) groups is 1. The summed E-state index contributed by atoms with van der Waals surface area (Å²) in [5.74, 6) is 2.16. The predicted octanol–water partition coefficient (Wildman–Crippen LogP) is 3.94. The number of hydrogen-bond donors (Lipinski definition) is 0. The second-order valence-corrected chi connectivity index (χ2v) is 5.86. The molecule has 0 spiro atoms. The van der Waals surface area contributed by atoms with Gasteiger partial charge in [-0.3, -0.25) is 0 Å². The van der Waals surface area contributed by atoms with Gasteiger partial charge in [0, 0.05) is 4.90 Å². The van der Waals surface area contributed by atoms with Crippen molar-refractivity contribution in [3.8, 4) is 5.75 Å². The zero-order valence-electron chi connectivity index (χ0n) is 10.6. The third-order valence-corrected chi connectivity index (χ3v) is 4.22. The number of carbonyl (C=O) groups excluding carboxylic acids is 1. The SMILES string of the molecule is O=CCSc1cccc(OCC2CCCCC2)c1. The molecular formula is C15H20O2S. The minimum Gasteiger partial charge on any atom is -0.493 e. The standard InChI is InChI=1S/C15H20O2S/c16-9-10-18-15-8-4-7-14(11-15)17-12-13-5-2-1-3-6-13/h4,7-9,11,13H,1-3,5-6,10,12H2. The third-order valence-electron chi connectivity index (χ3n) is 3.33. The van der Waals surface area contributed by atoms with Crippen LogP contribution in [0.15, 0.2) is 29.2 Å².